The molecule has 1 saturated heterocycles. The van der Waals surface area contributed by atoms with Crippen molar-refractivity contribution in [3.05, 3.63) is 0 Å². The second kappa shape index (κ2) is 13.5. The maximum atomic E-state index is 16.7. The number of halogens is 11. The summed E-state index contributed by atoms with van der Waals surface area (Å²) in [4.78, 5) is 40.0. The Kier molecular flexibility index (Phi) is 14.1. The smallest absolute Gasteiger partial charge is 0.404 e. The van der Waals surface area contributed by atoms with Gasteiger partial charge in [-0.2, -0.15) is 39.5 Å². The molecule has 4 saturated carbocycles. The number of amides is 2. The summed E-state index contributed by atoms with van der Waals surface area (Å²) in [7, 11) is 0. The van der Waals surface area contributed by atoms with E-state index in [2.05, 4.69) is 0 Å². The third-order valence-corrected chi connectivity index (χ3v) is 9.91. The van der Waals surface area contributed by atoms with Gasteiger partial charge in [-0.15, -0.1) is 0 Å². The monoisotopic (exact) mass is 725 g/mol. The molecular formula is C32H54F11NO4. The van der Waals surface area contributed by atoms with Crippen LogP contribution in [0.5, 0.6) is 0 Å². The molecule has 0 N–H and O–H groups in total. The van der Waals surface area contributed by atoms with Crippen LogP contribution in [0.2, 0.25) is 0 Å². The van der Waals surface area contributed by atoms with Gasteiger partial charge in [-0.1, -0.05) is 51.5 Å². The lowest BCUT2D eigenvalue weighted by atomic mass is 9.40. The van der Waals surface area contributed by atoms with Crippen LogP contribution in [0, 0.1) is 40.9 Å². The molecule has 2 bridgehead atoms. The fourth-order valence-corrected chi connectivity index (χ4v) is 8.07. The normalized spacial score (nSPS) is 36.7. The number of carbonyl (C=O) groups is 3. The standard InChI is InChI=1S/C26H30F11NO4.6CH4/c1-7-38-16(39)10(2)13(17(38)40)14-11-8-9-12(15(14)20(6,26(35,36)37)18(41)42-19(3,4)5)22(28)21(11,27)23(29,30)25(33,34)24(22,31)32;;;;;;/h10-15H,7-9H2,1-6H3;6*1H4. The lowest BCUT2D eigenvalue weighted by molar-refractivity contribution is -0.339. The lowest BCUT2D eigenvalue weighted by Crippen LogP contribution is -2.77. The lowest BCUT2D eigenvalue weighted by Gasteiger charge is -2.64. The first-order chi connectivity index (χ1) is 18.7. The number of hydrogen-bond acceptors (Lipinski definition) is 4. The number of imide groups is 1. The number of ether oxygens (including phenoxy) is 1. The highest BCUT2D eigenvalue weighted by molar-refractivity contribution is 6.05. The summed E-state index contributed by atoms with van der Waals surface area (Å²) in [5.41, 5.74) is -16.9. The minimum atomic E-state index is -6.71. The highest BCUT2D eigenvalue weighted by Gasteiger charge is 3.04. The van der Waals surface area contributed by atoms with E-state index in [1.54, 1.807) is 0 Å². The molecule has 0 aromatic rings. The minimum Gasteiger partial charge on any atom is -0.459 e. The maximum Gasteiger partial charge on any atom is 0.404 e. The molecule has 5 nitrogen and oxygen atoms in total. The van der Waals surface area contributed by atoms with Crippen molar-refractivity contribution in [3.8, 4) is 0 Å². The fourth-order valence-electron chi connectivity index (χ4n) is 8.07. The molecule has 288 valence electrons. The number of alkyl halides is 11. The Bertz CT molecular complexity index is 1200. The summed E-state index contributed by atoms with van der Waals surface area (Å²) in [6, 6.07) is 0. The number of nitrogens with zero attached hydrogens (tertiary/aromatic N) is 1. The molecule has 0 aromatic carbocycles. The van der Waals surface area contributed by atoms with Crippen molar-refractivity contribution in [2.75, 3.05) is 6.54 Å². The zero-order chi connectivity index (χ0) is 32.6. The van der Waals surface area contributed by atoms with E-state index < -0.39 is 112 Å². The molecule has 5 fully saturated rings. The van der Waals surface area contributed by atoms with E-state index in [9.17, 15) is 23.2 Å². The molecule has 1 heterocycles. The van der Waals surface area contributed by atoms with E-state index >= 15 is 39.5 Å². The number of hydrogen-bond donors (Lipinski definition) is 0. The SMILES string of the molecule is C.C.C.C.C.C.CCN1C(=O)C(C)C(C2C(C(C)(C(=O)OC(C)(C)C)C(F)(F)F)C3CCC2C2(F)C(F)(F)C(F)(F)C(F)(F)C32F)C1=O. The molecule has 0 radical (unpaired) electrons. The molecule has 48 heavy (non-hydrogen) atoms. The summed E-state index contributed by atoms with van der Waals surface area (Å²) in [6.45, 7) is 5.36. The highest BCUT2D eigenvalue weighted by Crippen LogP contribution is 2.81. The zero-order valence-electron chi connectivity index (χ0n) is 23.3. The summed E-state index contributed by atoms with van der Waals surface area (Å²) in [6.07, 6.45) is -8.18. The Morgan fingerprint density at radius 3 is 1.50 bits per heavy atom. The molecular weight excluding hydrogens is 671 g/mol. The van der Waals surface area contributed by atoms with Crippen LogP contribution < -0.4 is 0 Å². The first-order valence-electron chi connectivity index (χ1n) is 13.3. The van der Waals surface area contributed by atoms with Gasteiger partial charge in [0, 0.05) is 24.3 Å². The Balaban J connectivity index is -0.00000337. The molecule has 9 atom stereocenters. The van der Waals surface area contributed by atoms with E-state index in [1.807, 2.05) is 0 Å². The average molecular weight is 726 g/mol. The molecule has 2 amide bonds. The van der Waals surface area contributed by atoms with E-state index in [0.717, 1.165) is 27.7 Å². The Hall–Kier alpha value is -2.16. The van der Waals surface area contributed by atoms with E-state index in [0.29, 0.717) is 4.90 Å². The first kappa shape index (κ1) is 50.2. The summed E-state index contributed by atoms with van der Waals surface area (Å²) in [5.74, 6) is -40.0. The van der Waals surface area contributed by atoms with Gasteiger partial charge in [-0.05, 0) is 59.3 Å². The summed E-state index contributed by atoms with van der Waals surface area (Å²) in [5, 5.41) is 0. The summed E-state index contributed by atoms with van der Waals surface area (Å²) >= 11 is 0. The van der Waals surface area contributed by atoms with Crippen LogP contribution >= 0.6 is 0 Å². The van der Waals surface area contributed by atoms with Crippen molar-refractivity contribution >= 4 is 17.8 Å². The van der Waals surface area contributed by atoms with Gasteiger partial charge in [0.25, 0.3) is 0 Å². The van der Waals surface area contributed by atoms with Gasteiger partial charge < -0.3 is 4.74 Å². The van der Waals surface area contributed by atoms with E-state index in [-0.39, 0.29) is 58.0 Å². The number of carbonyl (C=O) groups excluding carboxylic acids is 3. The molecule has 5 rings (SSSR count). The predicted molar refractivity (Wildman–Crippen MR) is 161 cm³/mol. The fraction of sp³-hybridized carbons (Fsp3) is 0.906. The highest BCUT2D eigenvalue weighted by atomic mass is 19.4. The molecule has 0 spiro atoms. The largest absolute Gasteiger partial charge is 0.459 e. The van der Waals surface area contributed by atoms with Crippen LogP contribution in [0.3, 0.4) is 0 Å². The number of rotatable bonds is 4. The van der Waals surface area contributed by atoms with Crippen molar-refractivity contribution < 1.29 is 67.4 Å². The van der Waals surface area contributed by atoms with Crippen LogP contribution in [-0.4, -0.2) is 70.1 Å². The number of fused-ring (bicyclic) bond motifs is 2. The van der Waals surface area contributed by atoms with Crippen molar-refractivity contribution in [2.24, 2.45) is 40.9 Å². The van der Waals surface area contributed by atoms with Crippen molar-refractivity contribution in [1.82, 2.24) is 4.90 Å². The van der Waals surface area contributed by atoms with E-state index in [4.69, 9.17) is 4.74 Å². The number of likely N-dealkylation sites (tertiary alicyclic amines) is 1. The third kappa shape index (κ3) is 5.25. The second-order valence-corrected chi connectivity index (χ2v) is 13.0. The maximum absolute atomic E-state index is 16.7. The molecule has 0 aromatic heterocycles. The zero-order valence-corrected chi connectivity index (χ0v) is 23.3. The van der Waals surface area contributed by atoms with Crippen LogP contribution in [0.1, 0.15) is 98.9 Å². The van der Waals surface area contributed by atoms with Gasteiger partial charge in [-0.3, -0.25) is 19.3 Å². The minimum absolute atomic E-state index is 0. The predicted octanol–water partition coefficient (Wildman–Crippen LogP) is 9.96. The third-order valence-electron chi connectivity index (χ3n) is 9.91. The summed E-state index contributed by atoms with van der Waals surface area (Å²) < 4.78 is 174. The second-order valence-electron chi connectivity index (χ2n) is 13.0. The Morgan fingerprint density at radius 1 is 0.750 bits per heavy atom. The average Bonchev–Trinajstić information content (AvgIpc) is 3.08. The van der Waals surface area contributed by atoms with Gasteiger partial charge in [0.15, 0.2) is 5.41 Å². The molecule has 16 heteroatoms. The molecule has 5 aliphatic rings. The van der Waals surface area contributed by atoms with Gasteiger partial charge in [-0.25, -0.2) is 8.78 Å². The molecule has 9 unspecified atom stereocenters. The van der Waals surface area contributed by atoms with Crippen LogP contribution in [0.25, 0.3) is 0 Å². The van der Waals surface area contributed by atoms with Gasteiger partial charge in [0.2, 0.25) is 23.2 Å². The van der Waals surface area contributed by atoms with E-state index in [1.165, 1.54) is 6.92 Å². The molecule has 4 aliphatic carbocycles. The Morgan fingerprint density at radius 2 is 1.15 bits per heavy atom. The van der Waals surface area contributed by atoms with Crippen LogP contribution in [-0.2, 0) is 19.1 Å². The van der Waals surface area contributed by atoms with Gasteiger partial charge >= 0.3 is 29.9 Å². The van der Waals surface area contributed by atoms with Crippen molar-refractivity contribution in [2.45, 2.75) is 140 Å². The van der Waals surface area contributed by atoms with Crippen molar-refractivity contribution in [1.29, 1.82) is 0 Å². The van der Waals surface area contributed by atoms with Gasteiger partial charge in [0.05, 0.1) is 5.92 Å². The van der Waals surface area contributed by atoms with Crippen LogP contribution in [0.4, 0.5) is 48.3 Å². The quantitative estimate of drug-likeness (QED) is 0.165. The van der Waals surface area contributed by atoms with Crippen molar-refractivity contribution in [3.63, 3.8) is 0 Å². The molecule has 1 aliphatic heterocycles. The van der Waals surface area contributed by atoms with Crippen LogP contribution in [0.15, 0.2) is 0 Å². The van der Waals surface area contributed by atoms with Gasteiger partial charge in [0.1, 0.15) is 5.60 Å². The topological polar surface area (TPSA) is 63.7 Å². The first-order valence-corrected chi connectivity index (χ1v) is 13.3. The Labute approximate surface area is 277 Å². The number of esters is 1.